The summed E-state index contributed by atoms with van der Waals surface area (Å²) in [5, 5.41) is 2.46. The molecule has 0 atom stereocenters. The van der Waals surface area contributed by atoms with E-state index < -0.39 is 6.09 Å². The van der Waals surface area contributed by atoms with Crippen LogP contribution >= 0.6 is 11.6 Å². The highest BCUT2D eigenvalue weighted by atomic mass is 35.5. The molecule has 0 aliphatic heterocycles. The number of alkyl carbamates (subject to hydrolysis) is 1. The van der Waals surface area contributed by atoms with Gasteiger partial charge in [0.05, 0.1) is 7.11 Å². The summed E-state index contributed by atoms with van der Waals surface area (Å²) >= 11 is 5.32. The van der Waals surface area contributed by atoms with E-state index in [1.54, 1.807) is 12.2 Å². The van der Waals surface area contributed by atoms with E-state index in [4.69, 9.17) is 11.6 Å². The zero-order chi connectivity index (χ0) is 7.82. The lowest BCUT2D eigenvalue weighted by molar-refractivity contribution is 0.172. The molecule has 0 bridgehead atoms. The molecule has 0 aliphatic carbocycles. The predicted molar refractivity (Wildman–Crippen MR) is 40.3 cm³/mol. The van der Waals surface area contributed by atoms with Crippen molar-refractivity contribution in [2.45, 2.75) is 0 Å². The third kappa shape index (κ3) is 5.44. The van der Waals surface area contributed by atoms with E-state index in [9.17, 15) is 4.79 Å². The molecule has 0 aromatic rings. The van der Waals surface area contributed by atoms with Crippen molar-refractivity contribution in [3.63, 3.8) is 0 Å². The van der Waals surface area contributed by atoms with Crippen molar-refractivity contribution < 1.29 is 9.53 Å². The molecule has 0 radical (unpaired) electrons. The molecule has 58 valence electrons. The third-order valence-electron chi connectivity index (χ3n) is 0.805. The molecule has 0 heterocycles. The predicted octanol–water partition coefficient (Wildman–Crippen LogP) is 1.14. The lowest BCUT2D eigenvalue weighted by atomic mass is 10.5. The molecule has 1 amide bonds. The molecular formula is C6H10ClNO2. The third-order valence-corrected chi connectivity index (χ3v) is 0.984. The zero-order valence-electron chi connectivity index (χ0n) is 5.76. The quantitative estimate of drug-likeness (QED) is 0.501. The molecular weight excluding hydrogens is 154 g/mol. The number of carbonyl (C=O) groups excluding carboxylic acids is 1. The van der Waals surface area contributed by atoms with E-state index in [1.807, 2.05) is 0 Å². The van der Waals surface area contributed by atoms with E-state index in [0.717, 1.165) is 0 Å². The Hall–Kier alpha value is -0.700. The van der Waals surface area contributed by atoms with Gasteiger partial charge < -0.3 is 10.1 Å². The van der Waals surface area contributed by atoms with Crippen LogP contribution < -0.4 is 5.32 Å². The molecule has 0 saturated heterocycles. The molecule has 0 unspecified atom stereocenters. The number of allylic oxidation sites excluding steroid dienone is 1. The first-order valence-electron chi connectivity index (χ1n) is 2.84. The van der Waals surface area contributed by atoms with Gasteiger partial charge >= 0.3 is 6.09 Å². The normalized spacial score (nSPS) is 9.80. The maximum atomic E-state index is 10.4. The summed E-state index contributed by atoms with van der Waals surface area (Å²) < 4.78 is 4.31. The average Bonchev–Trinajstić information content (AvgIpc) is 1.98. The summed E-state index contributed by atoms with van der Waals surface area (Å²) in [4.78, 5) is 10.4. The van der Waals surface area contributed by atoms with Crippen molar-refractivity contribution in [1.82, 2.24) is 5.32 Å². The van der Waals surface area contributed by atoms with Gasteiger partial charge in [0, 0.05) is 12.4 Å². The highest BCUT2D eigenvalue weighted by Crippen LogP contribution is 1.77. The van der Waals surface area contributed by atoms with E-state index in [-0.39, 0.29) is 0 Å². The van der Waals surface area contributed by atoms with Crippen molar-refractivity contribution in [3.05, 3.63) is 12.2 Å². The Bertz CT molecular complexity index is 125. The van der Waals surface area contributed by atoms with Gasteiger partial charge in [0.25, 0.3) is 0 Å². The number of ether oxygens (including phenoxy) is 1. The van der Waals surface area contributed by atoms with Gasteiger partial charge in [-0.1, -0.05) is 12.2 Å². The van der Waals surface area contributed by atoms with Gasteiger partial charge in [0.15, 0.2) is 0 Å². The van der Waals surface area contributed by atoms with Gasteiger partial charge in [-0.3, -0.25) is 0 Å². The molecule has 0 aliphatic rings. The van der Waals surface area contributed by atoms with E-state index in [0.29, 0.717) is 12.4 Å². The van der Waals surface area contributed by atoms with E-state index >= 15 is 0 Å². The molecule has 0 saturated carbocycles. The number of nitrogens with one attached hydrogen (secondary N) is 1. The first-order chi connectivity index (χ1) is 4.81. The second-order valence-electron chi connectivity index (χ2n) is 1.50. The molecule has 1 N–H and O–H groups in total. The minimum Gasteiger partial charge on any atom is -0.453 e. The molecule has 3 nitrogen and oxygen atoms in total. The average molecular weight is 164 g/mol. The van der Waals surface area contributed by atoms with Gasteiger partial charge in [-0.15, -0.1) is 11.6 Å². The largest absolute Gasteiger partial charge is 0.453 e. The first kappa shape index (κ1) is 9.30. The van der Waals surface area contributed by atoms with Crippen LogP contribution in [0.4, 0.5) is 4.79 Å². The van der Waals surface area contributed by atoms with E-state index in [1.165, 1.54) is 7.11 Å². The van der Waals surface area contributed by atoms with Gasteiger partial charge in [-0.2, -0.15) is 0 Å². The van der Waals surface area contributed by atoms with Crippen LogP contribution in [0.2, 0.25) is 0 Å². The Kier molecular flexibility index (Phi) is 5.97. The fourth-order valence-corrected chi connectivity index (χ4v) is 0.487. The topological polar surface area (TPSA) is 38.3 Å². The highest BCUT2D eigenvalue weighted by molar-refractivity contribution is 6.18. The van der Waals surface area contributed by atoms with Crippen LogP contribution in [0.5, 0.6) is 0 Å². The minimum atomic E-state index is -0.431. The van der Waals surface area contributed by atoms with Gasteiger partial charge in [0.2, 0.25) is 0 Å². The highest BCUT2D eigenvalue weighted by Gasteiger charge is 1.91. The van der Waals surface area contributed by atoms with Gasteiger partial charge in [-0.05, 0) is 0 Å². The summed E-state index contributed by atoms with van der Waals surface area (Å²) in [7, 11) is 1.32. The number of methoxy groups -OCH3 is 1. The summed E-state index contributed by atoms with van der Waals surface area (Å²) in [5.41, 5.74) is 0. The molecule has 0 aromatic heterocycles. The number of hydrogen-bond donors (Lipinski definition) is 1. The van der Waals surface area contributed by atoms with Crippen molar-refractivity contribution in [1.29, 1.82) is 0 Å². The smallest absolute Gasteiger partial charge is 0.407 e. The molecule has 0 rings (SSSR count). The second-order valence-corrected chi connectivity index (χ2v) is 1.81. The second kappa shape index (κ2) is 6.42. The van der Waals surface area contributed by atoms with Crippen molar-refractivity contribution in [3.8, 4) is 0 Å². The molecule has 4 heteroatoms. The lowest BCUT2D eigenvalue weighted by Gasteiger charge is -1.97. The van der Waals surface area contributed by atoms with Crippen molar-refractivity contribution in [2.75, 3.05) is 19.5 Å². The molecule has 0 spiro atoms. The Morgan fingerprint density at radius 1 is 1.70 bits per heavy atom. The number of amides is 1. The Morgan fingerprint density at radius 3 is 2.90 bits per heavy atom. The van der Waals surface area contributed by atoms with Gasteiger partial charge in [-0.25, -0.2) is 4.79 Å². The maximum Gasteiger partial charge on any atom is 0.407 e. The zero-order valence-corrected chi connectivity index (χ0v) is 6.52. The van der Waals surface area contributed by atoms with Crippen LogP contribution in [0.25, 0.3) is 0 Å². The Labute approximate surface area is 65.0 Å². The monoisotopic (exact) mass is 163 g/mol. The summed E-state index contributed by atoms with van der Waals surface area (Å²) in [6, 6.07) is 0. The summed E-state index contributed by atoms with van der Waals surface area (Å²) in [6.45, 7) is 0.458. The maximum absolute atomic E-state index is 10.4. The minimum absolute atomic E-state index is 0.431. The number of rotatable bonds is 3. The molecule has 10 heavy (non-hydrogen) atoms. The van der Waals surface area contributed by atoms with Crippen LogP contribution in [0.1, 0.15) is 0 Å². The molecule has 0 fully saturated rings. The fraction of sp³-hybridized carbons (Fsp3) is 0.500. The van der Waals surface area contributed by atoms with Crippen LogP contribution in [-0.2, 0) is 4.74 Å². The Balaban J connectivity index is 3.19. The number of carbonyl (C=O) groups is 1. The van der Waals surface area contributed by atoms with Crippen LogP contribution in [0.3, 0.4) is 0 Å². The first-order valence-corrected chi connectivity index (χ1v) is 3.37. The van der Waals surface area contributed by atoms with E-state index in [2.05, 4.69) is 10.1 Å². The number of alkyl halides is 1. The van der Waals surface area contributed by atoms with Gasteiger partial charge in [0.1, 0.15) is 0 Å². The van der Waals surface area contributed by atoms with Crippen LogP contribution in [0, 0.1) is 0 Å². The SMILES string of the molecule is COC(=O)NC/C=C/CCl. The fourth-order valence-electron chi connectivity index (χ4n) is 0.361. The van der Waals surface area contributed by atoms with Crippen molar-refractivity contribution in [2.24, 2.45) is 0 Å². The van der Waals surface area contributed by atoms with Crippen LogP contribution in [0.15, 0.2) is 12.2 Å². The summed E-state index contributed by atoms with van der Waals surface area (Å²) in [5.74, 6) is 0.461. The number of halogens is 1. The molecule has 0 aromatic carbocycles. The standard InChI is InChI=1S/C6H10ClNO2/c1-10-6(9)8-5-3-2-4-7/h2-3H,4-5H2,1H3,(H,8,9)/b3-2+. The Morgan fingerprint density at radius 2 is 2.40 bits per heavy atom. The van der Waals surface area contributed by atoms with Crippen molar-refractivity contribution >= 4 is 17.7 Å². The lowest BCUT2D eigenvalue weighted by Crippen LogP contribution is -2.22. The summed E-state index contributed by atoms with van der Waals surface area (Å²) in [6.07, 6.45) is 3.07. The van der Waals surface area contributed by atoms with Crippen LogP contribution in [-0.4, -0.2) is 25.6 Å². The number of hydrogen-bond acceptors (Lipinski definition) is 2.